The van der Waals surface area contributed by atoms with Gasteiger partial charge in [-0.3, -0.25) is 14.8 Å². The van der Waals surface area contributed by atoms with E-state index in [1.807, 2.05) is 6.07 Å². The number of aromatic nitrogens is 3. The molecule has 0 amide bonds. The van der Waals surface area contributed by atoms with Crippen molar-refractivity contribution >= 4 is 17.2 Å². The first kappa shape index (κ1) is 22.7. The molecule has 3 aromatic heterocycles. The predicted octanol–water partition coefficient (Wildman–Crippen LogP) is 3.49. The van der Waals surface area contributed by atoms with Gasteiger partial charge >= 0.3 is 6.18 Å². The first-order valence-corrected chi connectivity index (χ1v) is 10.5. The van der Waals surface area contributed by atoms with E-state index in [1.165, 1.54) is 18.2 Å². The van der Waals surface area contributed by atoms with Crippen molar-refractivity contribution in [2.24, 2.45) is 5.73 Å². The van der Waals surface area contributed by atoms with Crippen LogP contribution < -0.4 is 16.4 Å². The van der Waals surface area contributed by atoms with Crippen LogP contribution in [0.15, 0.2) is 48.9 Å². The van der Waals surface area contributed by atoms with Gasteiger partial charge in [0.25, 0.3) is 0 Å². The van der Waals surface area contributed by atoms with Gasteiger partial charge in [-0.25, -0.2) is 4.98 Å². The van der Waals surface area contributed by atoms with Gasteiger partial charge in [0.1, 0.15) is 5.69 Å². The van der Waals surface area contributed by atoms with Crippen LogP contribution in [0.4, 0.5) is 24.5 Å². The van der Waals surface area contributed by atoms with Gasteiger partial charge in [-0.15, -0.1) is 0 Å². The summed E-state index contributed by atoms with van der Waals surface area (Å²) in [6, 6.07) is 7.09. The Bertz CT molecular complexity index is 1150. The quantitative estimate of drug-likeness (QED) is 0.566. The highest BCUT2D eigenvalue weighted by Gasteiger charge is 2.30. The summed E-state index contributed by atoms with van der Waals surface area (Å²) in [5, 5.41) is 0. The molecule has 1 aliphatic heterocycles. The molecule has 3 aromatic rings. The molecule has 33 heavy (non-hydrogen) atoms. The minimum Gasteiger partial charge on any atom is -0.397 e. The second-order valence-electron chi connectivity index (χ2n) is 8.02. The molecule has 0 aliphatic carbocycles. The van der Waals surface area contributed by atoms with Crippen molar-refractivity contribution in [3.8, 4) is 11.4 Å². The molecule has 1 aliphatic rings. The van der Waals surface area contributed by atoms with Crippen LogP contribution in [0.5, 0.6) is 0 Å². The molecule has 0 radical (unpaired) electrons. The van der Waals surface area contributed by atoms with Crippen LogP contribution in [0.1, 0.15) is 34.5 Å². The SMILES string of the molecule is Nc1ccc(-c2ccc(C(F)(F)F)cn2)nc1C(=O)Cc1cnccc1N1CCC[C@H](N)C1. The number of pyridine rings is 3. The van der Waals surface area contributed by atoms with Gasteiger partial charge in [-0.2, -0.15) is 13.2 Å². The highest BCUT2D eigenvalue weighted by molar-refractivity contribution is 6.01. The number of nitrogens with zero attached hydrogens (tertiary/aromatic N) is 4. The maximum absolute atomic E-state index is 13.1. The highest BCUT2D eigenvalue weighted by Crippen LogP contribution is 2.30. The van der Waals surface area contributed by atoms with E-state index < -0.39 is 11.7 Å². The van der Waals surface area contributed by atoms with Gasteiger partial charge in [0.05, 0.1) is 22.6 Å². The Labute approximate surface area is 188 Å². The van der Waals surface area contributed by atoms with Gasteiger partial charge in [0.15, 0.2) is 5.78 Å². The van der Waals surface area contributed by atoms with Crippen molar-refractivity contribution in [1.82, 2.24) is 15.0 Å². The number of nitrogen functional groups attached to an aromatic ring is 1. The zero-order valence-corrected chi connectivity index (χ0v) is 17.7. The summed E-state index contributed by atoms with van der Waals surface area (Å²) in [6.07, 6.45) is 1.52. The van der Waals surface area contributed by atoms with Crippen LogP contribution >= 0.6 is 0 Å². The lowest BCUT2D eigenvalue weighted by Crippen LogP contribution is -2.43. The van der Waals surface area contributed by atoms with Crippen molar-refractivity contribution in [2.75, 3.05) is 23.7 Å². The lowest BCUT2D eigenvalue weighted by molar-refractivity contribution is -0.137. The third-order valence-electron chi connectivity index (χ3n) is 5.57. The maximum atomic E-state index is 13.1. The van der Waals surface area contributed by atoms with Gasteiger partial charge in [0.2, 0.25) is 0 Å². The standard InChI is InChI=1S/C23H23F3N6O/c24-23(25,26)15-3-5-18(30-12-15)19-6-4-17(28)22(31-19)21(33)10-14-11-29-8-7-20(14)32-9-1-2-16(27)13-32/h3-8,11-12,16H,1-2,9-10,13,27-28H2/t16-/m0/s1. The Morgan fingerprint density at radius 1 is 1.12 bits per heavy atom. The lowest BCUT2D eigenvalue weighted by Gasteiger charge is -2.33. The van der Waals surface area contributed by atoms with E-state index in [4.69, 9.17) is 11.5 Å². The van der Waals surface area contributed by atoms with E-state index in [1.54, 1.807) is 12.4 Å². The lowest BCUT2D eigenvalue weighted by atomic mass is 10.0. The van der Waals surface area contributed by atoms with E-state index in [2.05, 4.69) is 19.9 Å². The molecule has 7 nitrogen and oxygen atoms in total. The summed E-state index contributed by atoms with van der Waals surface area (Å²) < 4.78 is 38.4. The minimum atomic E-state index is -4.49. The fourth-order valence-corrected chi connectivity index (χ4v) is 3.90. The number of carbonyl (C=O) groups excluding carboxylic acids is 1. The molecule has 0 saturated carbocycles. The maximum Gasteiger partial charge on any atom is 0.417 e. The minimum absolute atomic E-state index is 0.0238. The van der Waals surface area contributed by atoms with Gasteiger partial charge in [0, 0.05) is 55.4 Å². The number of Topliss-reactive ketones (excluding diaryl/α,β-unsaturated/α-hetero) is 1. The Kier molecular flexibility index (Phi) is 6.28. The average Bonchev–Trinajstić information content (AvgIpc) is 2.79. The van der Waals surface area contributed by atoms with Gasteiger partial charge in [-0.1, -0.05) is 0 Å². The number of hydrogen-bond acceptors (Lipinski definition) is 7. The van der Waals surface area contributed by atoms with Crippen LogP contribution in [0.3, 0.4) is 0 Å². The van der Waals surface area contributed by atoms with E-state index in [0.29, 0.717) is 6.54 Å². The average molecular weight is 456 g/mol. The predicted molar refractivity (Wildman–Crippen MR) is 119 cm³/mol. The van der Waals surface area contributed by atoms with E-state index in [-0.39, 0.29) is 41.0 Å². The summed E-state index contributed by atoms with van der Waals surface area (Å²) >= 11 is 0. The number of carbonyl (C=O) groups is 1. The van der Waals surface area contributed by atoms with Gasteiger partial charge < -0.3 is 16.4 Å². The number of rotatable bonds is 5. The van der Waals surface area contributed by atoms with Crippen molar-refractivity contribution in [1.29, 1.82) is 0 Å². The second kappa shape index (κ2) is 9.14. The fourth-order valence-electron chi connectivity index (χ4n) is 3.90. The van der Waals surface area contributed by atoms with Crippen LogP contribution in [0.25, 0.3) is 11.4 Å². The number of anilines is 2. The van der Waals surface area contributed by atoms with Crippen LogP contribution in [-0.4, -0.2) is 39.9 Å². The van der Waals surface area contributed by atoms with Crippen LogP contribution in [0.2, 0.25) is 0 Å². The molecular weight excluding hydrogens is 433 g/mol. The summed E-state index contributed by atoms with van der Waals surface area (Å²) in [6.45, 7) is 1.54. The number of halogens is 3. The van der Waals surface area contributed by atoms with Crippen LogP contribution in [0, 0.1) is 0 Å². The Balaban J connectivity index is 1.59. The molecular formula is C23H23F3N6O. The number of hydrogen-bond donors (Lipinski definition) is 2. The molecule has 4 N–H and O–H groups in total. The molecule has 0 unspecified atom stereocenters. The number of alkyl halides is 3. The monoisotopic (exact) mass is 456 g/mol. The molecule has 172 valence electrons. The molecule has 4 rings (SSSR count). The topological polar surface area (TPSA) is 111 Å². The molecule has 0 spiro atoms. The van der Waals surface area contributed by atoms with E-state index in [0.717, 1.165) is 42.9 Å². The Hall–Kier alpha value is -3.53. The van der Waals surface area contributed by atoms with E-state index >= 15 is 0 Å². The first-order valence-electron chi connectivity index (χ1n) is 10.5. The summed E-state index contributed by atoms with van der Waals surface area (Å²) in [5.74, 6) is -0.322. The largest absolute Gasteiger partial charge is 0.417 e. The molecule has 4 heterocycles. The number of piperidine rings is 1. The smallest absolute Gasteiger partial charge is 0.397 e. The number of nitrogens with two attached hydrogens (primary N) is 2. The number of ketones is 1. The summed E-state index contributed by atoms with van der Waals surface area (Å²) in [4.78, 5) is 27.6. The van der Waals surface area contributed by atoms with Crippen molar-refractivity contribution in [3.05, 3.63) is 65.7 Å². The zero-order chi connectivity index (χ0) is 23.6. The van der Waals surface area contributed by atoms with Gasteiger partial charge in [-0.05, 0) is 43.2 Å². The molecule has 0 aromatic carbocycles. The summed E-state index contributed by atoms with van der Waals surface area (Å²) in [5.41, 5.74) is 13.6. The second-order valence-corrected chi connectivity index (χ2v) is 8.02. The molecule has 0 bridgehead atoms. The normalized spacial score (nSPS) is 16.6. The summed E-state index contributed by atoms with van der Waals surface area (Å²) in [7, 11) is 0. The zero-order valence-electron chi connectivity index (χ0n) is 17.7. The van der Waals surface area contributed by atoms with E-state index in [9.17, 15) is 18.0 Å². The first-order chi connectivity index (χ1) is 15.7. The molecule has 10 heteroatoms. The van der Waals surface area contributed by atoms with Crippen molar-refractivity contribution in [3.63, 3.8) is 0 Å². The Morgan fingerprint density at radius 2 is 1.91 bits per heavy atom. The highest BCUT2D eigenvalue weighted by atomic mass is 19.4. The molecule has 1 saturated heterocycles. The third kappa shape index (κ3) is 5.11. The molecule has 1 fully saturated rings. The molecule has 1 atom stereocenters. The van der Waals surface area contributed by atoms with Crippen molar-refractivity contribution in [2.45, 2.75) is 31.5 Å². The van der Waals surface area contributed by atoms with Crippen LogP contribution in [-0.2, 0) is 12.6 Å². The third-order valence-corrected chi connectivity index (χ3v) is 5.57. The Morgan fingerprint density at radius 3 is 2.61 bits per heavy atom. The fraction of sp³-hybridized carbons (Fsp3) is 0.304. The van der Waals surface area contributed by atoms with Crippen molar-refractivity contribution < 1.29 is 18.0 Å².